The highest BCUT2D eigenvalue weighted by Gasteiger charge is 2.44. The third kappa shape index (κ3) is 4.78. The Bertz CT molecular complexity index is 1140. The summed E-state index contributed by atoms with van der Waals surface area (Å²) in [6.07, 6.45) is 5.31. The third-order valence-electron chi connectivity index (χ3n) is 8.01. The Kier molecular flexibility index (Phi) is 7.37. The van der Waals surface area contributed by atoms with Gasteiger partial charge in [-0.3, -0.25) is 17.5 Å². The summed E-state index contributed by atoms with van der Waals surface area (Å²) in [5.41, 5.74) is 4.11. The Labute approximate surface area is 227 Å². The molecular weight excluding hydrogens is 565 g/mol. The number of hydrogen-bond acceptors (Lipinski definition) is 3. The molecule has 6 nitrogen and oxygen atoms in total. The second-order valence-corrected chi connectivity index (χ2v) is 11.9. The molecule has 2 atom stereocenters. The smallest absolute Gasteiger partial charge is 0.255 e. The highest BCUT2D eigenvalue weighted by molar-refractivity contribution is 14.1. The number of halogens is 1. The average Bonchev–Trinajstić information content (AvgIpc) is 3.44. The first-order valence-electron chi connectivity index (χ1n) is 13.1. The maximum Gasteiger partial charge on any atom is 0.255 e. The molecular formula is C29H34IN3O3. The third-order valence-corrected chi connectivity index (χ3v) is 8.82. The van der Waals surface area contributed by atoms with Gasteiger partial charge in [0.1, 0.15) is 12.1 Å². The van der Waals surface area contributed by atoms with E-state index in [0.29, 0.717) is 37.5 Å². The van der Waals surface area contributed by atoms with Gasteiger partial charge in [0.15, 0.2) is 0 Å². The number of amides is 3. The zero-order valence-electron chi connectivity index (χ0n) is 21.0. The molecule has 2 aromatic carbocycles. The van der Waals surface area contributed by atoms with Crippen LogP contribution in [0.4, 0.5) is 0 Å². The van der Waals surface area contributed by atoms with E-state index in [1.165, 1.54) is 24.8 Å². The summed E-state index contributed by atoms with van der Waals surface area (Å²) in [4.78, 5) is 43.9. The van der Waals surface area contributed by atoms with Crippen LogP contribution in [0.15, 0.2) is 48.5 Å². The molecule has 2 heterocycles. The molecule has 7 heteroatoms. The van der Waals surface area contributed by atoms with E-state index in [-0.39, 0.29) is 23.6 Å². The minimum absolute atomic E-state index is 0.0388. The van der Waals surface area contributed by atoms with Crippen LogP contribution in [-0.2, 0) is 22.7 Å². The SMILES string of the molecule is CC(C)C(C(=O)N1CCC[C@H]1C(=O)N(I)Cc1ccc(C2CCC2)cc1)N1Cc2ccccc2C1=O. The lowest BCUT2D eigenvalue weighted by molar-refractivity contribution is -0.144. The van der Waals surface area contributed by atoms with Crippen molar-refractivity contribution in [2.75, 3.05) is 6.54 Å². The fraction of sp³-hybridized carbons (Fsp3) is 0.483. The zero-order valence-corrected chi connectivity index (χ0v) is 23.2. The Morgan fingerprint density at radius 3 is 2.39 bits per heavy atom. The zero-order chi connectivity index (χ0) is 25.4. The van der Waals surface area contributed by atoms with E-state index in [9.17, 15) is 14.4 Å². The second-order valence-electron chi connectivity index (χ2n) is 10.7. The van der Waals surface area contributed by atoms with Crippen LogP contribution >= 0.6 is 22.9 Å². The standard InChI is InChI=1S/C29H34IN3O3/c1-19(2)26(32-18-23-7-3-4-10-24(23)27(32)34)29(36)31-16-6-11-25(31)28(35)33(30)17-20-12-14-22(15-13-20)21-8-5-9-21/h3-4,7,10,12-15,19,21,25-26H,5-6,8-9,11,16-18H2,1-2H3/t25-,26?/m0/s1. The van der Waals surface area contributed by atoms with Gasteiger partial charge in [-0.15, -0.1) is 0 Å². The summed E-state index contributed by atoms with van der Waals surface area (Å²) in [5, 5.41) is 0. The lowest BCUT2D eigenvalue weighted by atomic mass is 9.80. The van der Waals surface area contributed by atoms with Crippen LogP contribution in [0.5, 0.6) is 0 Å². The number of likely N-dealkylation sites (tertiary alicyclic amines) is 1. The molecule has 1 unspecified atom stereocenters. The van der Waals surface area contributed by atoms with E-state index in [4.69, 9.17) is 0 Å². The van der Waals surface area contributed by atoms with Crippen molar-refractivity contribution < 1.29 is 14.4 Å². The molecule has 1 aliphatic carbocycles. The average molecular weight is 600 g/mol. The lowest BCUT2D eigenvalue weighted by Crippen LogP contribution is -2.55. The van der Waals surface area contributed by atoms with Crippen molar-refractivity contribution in [3.63, 3.8) is 0 Å². The molecule has 0 radical (unpaired) electrons. The minimum atomic E-state index is -0.583. The summed E-state index contributed by atoms with van der Waals surface area (Å²) in [6.45, 7) is 5.45. The molecule has 1 saturated carbocycles. The van der Waals surface area contributed by atoms with Crippen molar-refractivity contribution >= 4 is 40.6 Å². The first kappa shape index (κ1) is 25.2. The van der Waals surface area contributed by atoms with Crippen LogP contribution in [0.1, 0.15) is 78.9 Å². The van der Waals surface area contributed by atoms with Gasteiger partial charge in [0, 0.05) is 18.7 Å². The van der Waals surface area contributed by atoms with E-state index < -0.39 is 12.1 Å². The van der Waals surface area contributed by atoms with E-state index >= 15 is 0 Å². The van der Waals surface area contributed by atoms with E-state index in [1.807, 2.05) is 38.1 Å². The summed E-state index contributed by atoms with van der Waals surface area (Å²) in [6, 6.07) is 15.1. The molecule has 2 fully saturated rings. The molecule has 5 rings (SSSR count). The highest BCUT2D eigenvalue weighted by Crippen LogP contribution is 2.36. The Hall–Kier alpha value is -2.42. The molecule has 2 aromatic rings. The van der Waals surface area contributed by atoms with Gasteiger partial charge >= 0.3 is 0 Å². The maximum atomic E-state index is 13.9. The summed E-state index contributed by atoms with van der Waals surface area (Å²) in [5.74, 6) is 0.385. The molecule has 1 saturated heterocycles. The number of nitrogens with zero attached hydrogens (tertiary/aromatic N) is 3. The van der Waals surface area contributed by atoms with Crippen LogP contribution in [0.25, 0.3) is 0 Å². The van der Waals surface area contributed by atoms with Crippen LogP contribution in [0.3, 0.4) is 0 Å². The molecule has 3 amide bonds. The lowest BCUT2D eigenvalue weighted by Gasteiger charge is -2.35. The van der Waals surface area contributed by atoms with E-state index in [0.717, 1.165) is 17.5 Å². The predicted molar refractivity (Wildman–Crippen MR) is 147 cm³/mol. The van der Waals surface area contributed by atoms with Crippen molar-refractivity contribution in [3.05, 3.63) is 70.8 Å². The summed E-state index contributed by atoms with van der Waals surface area (Å²) < 4.78 is 1.72. The quantitative estimate of drug-likeness (QED) is 0.321. The molecule has 2 aliphatic heterocycles. The molecule has 0 N–H and O–H groups in total. The van der Waals surface area contributed by atoms with Crippen LogP contribution in [0.2, 0.25) is 0 Å². The number of hydrogen-bond donors (Lipinski definition) is 0. The fourth-order valence-corrected chi connectivity index (χ4v) is 6.49. The number of carbonyl (C=O) groups is 3. The second kappa shape index (κ2) is 10.5. The summed E-state index contributed by atoms with van der Waals surface area (Å²) in [7, 11) is 0. The van der Waals surface area contributed by atoms with E-state index in [2.05, 4.69) is 47.1 Å². The largest absolute Gasteiger partial charge is 0.329 e. The summed E-state index contributed by atoms with van der Waals surface area (Å²) >= 11 is 2.09. The Morgan fingerprint density at radius 2 is 1.75 bits per heavy atom. The Morgan fingerprint density at radius 1 is 1.03 bits per heavy atom. The van der Waals surface area contributed by atoms with Crippen molar-refractivity contribution in [2.24, 2.45) is 5.92 Å². The number of benzene rings is 2. The van der Waals surface area contributed by atoms with Gasteiger partial charge in [-0.2, -0.15) is 0 Å². The first-order chi connectivity index (χ1) is 17.3. The highest BCUT2D eigenvalue weighted by atomic mass is 127. The number of fused-ring (bicyclic) bond motifs is 1. The number of rotatable bonds is 7. The number of carbonyl (C=O) groups excluding carboxylic acids is 3. The minimum Gasteiger partial charge on any atom is -0.329 e. The topological polar surface area (TPSA) is 60.9 Å². The van der Waals surface area contributed by atoms with Crippen LogP contribution < -0.4 is 0 Å². The molecule has 0 aromatic heterocycles. The molecule has 36 heavy (non-hydrogen) atoms. The van der Waals surface area contributed by atoms with Gasteiger partial charge in [0.2, 0.25) is 5.91 Å². The van der Waals surface area contributed by atoms with Crippen molar-refractivity contribution in [2.45, 2.75) is 77.0 Å². The van der Waals surface area contributed by atoms with Crippen molar-refractivity contribution in [1.29, 1.82) is 0 Å². The van der Waals surface area contributed by atoms with E-state index in [1.54, 1.807) is 12.9 Å². The van der Waals surface area contributed by atoms with Gasteiger partial charge in [-0.05, 0) is 60.3 Å². The maximum absolute atomic E-state index is 13.9. The van der Waals surface area contributed by atoms with Crippen molar-refractivity contribution in [1.82, 2.24) is 12.9 Å². The van der Waals surface area contributed by atoms with Gasteiger partial charge in [-0.25, -0.2) is 0 Å². The fourth-order valence-electron chi connectivity index (χ4n) is 5.77. The van der Waals surface area contributed by atoms with Crippen molar-refractivity contribution in [3.8, 4) is 0 Å². The first-order valence-corrected chi connectivity index (χ1v) is 14.1. The van der Waals surface area contributed by atoms with Gasteiger partial charge in [0.05, 0.1) is 29.4 Å². The van der Waals surface area contributed by atoms with Gasteiger partial charge in [-0.1, -0.05) is 62.7 Å². The van der Waals surface area contributed by atoms with Crippen LogP contribution in [0, 0.1) is 5.92 Å². The molecule has 0 bridgehead atoms. The van der Waals surface area contributed by atoms with Crippen LogP contribution in [-0.4, -0.2) is 49.3 Å². The normalized spacial score (nSPS) is 20.4. The monoisotopic (exact) mass is 599 g/mol. The molecule has 190 valence electrons. The Balaban J connectivity index is 1.27. The van der Waals surface area contributed by atoms with Gasteiger partial charge in [0.25, 0.3) is 11.8 Å². The predicted octanol–water partition coefficient (Wildman–Crippen LogP) is 5.30. The molecule has 3 aliphatic rings. The van der Waals surface area contributed by atoms with Gasteiger partial charge < -0.3 is 9.80 Å². The molecule has 0 spiro atoms.